The topological polar surface area (TPSA) is 51.8 Å². The Morgan fingerprint density at radius 2 is 1.95 bits per heavy atom. The van der Waals surface area contributed by atoms with Crippen molar-refractivity contribution < 1.29 is 0 Å². The molecule has 0 radical (unpaired) electrons. The lowest BCUT2D eigenvalue weighted by Gasteiger charge is -2.07. The summed E-state index contributed by atoms with van der Waals surface area (Å²) in [6.07, 6.45) is 4.43. The minimum atomic E-state index is 0.590. The molecule has 0 amide bonds. The number of benzene rings is 1. The molecule has 1 heterocycles. The van der Waals surface area contributed by atoms with Crippen LogP contribution in [0.1, 0.15) is 29.1 Å². The van der Waals surface area contributed by atoms with Crippen molar-refractivity contribution in [3.05, 3.63) is 46.9 Å². The number of aryl methyl sites for hydroxylation is 3. The van der Waals surface area contributed by atoms with E-state index in [1.807, 2.05) is 6.92 Å². The van der Waals surface area contributed by atoms with Crippen LogP contribution in [0.5, 0.6) is 0 Å². The van der Waals surface area contributed by atoms with E-state index in [1.54, 1.807) is 0 Å². The maximum Gasteiger partial charge on any atom is 0.130 e. The van der Waals surface area contributed by atoms with Crippen molar-refractivity contribution in [3.8, 4) is 11.3 Å². The molecule has 1 aliphatic rings. The lowest BCUT2D eigenvalue weighted by atomic mass is 10.0. The van der Waals surface area contributed by atoms with Gasteiger partial charge in [0.1, 0.15) is 5.82 Å². The molecule has 0 spiro atoms. The van der Waals surface area contributed by atoms with Crippen LogP contribution in [-0.2, 0) is 19.3 Å². The molecule has 3 heteroatoms. The highest BCUT2D eigenvalue weighted by atomic mass is 14.9. The molecule has 0 aliphatic heterocycles. The average molecular weight is 253 g/mol. The van der Waals surface area contributed by atoms with E-state index < -0.39 is 0 Å². The van der Waals surface area contributed by atoms with Gasteiger partial charge in [0.2, 0.25) is 0 Å². The van der Waals surface area contributed by atoms with Crippen molar-refractivity contribution in [3.63, 3.8) is 0 Å². The van der Waals surface area contributed by atoms with E-state index in [0.717, 1.165) is 23.6 Å². The minimum absolute atomic E-state index is 0.590. The Labute approximate surface area is 113 Å². The van der Waals surface area contributed by atoms with Crippen LogP contribution in [0, 0.1) is 6.92 Å². The van der Waals surface area contributed by atoms with Gasteiger partial charge >= 0.3 is 0 Å². The summed E-state index contributed by atoms with van der Waals surface area (Å²) < 4.78 is 0. The van der Waals surface area contributed by atoms with Crippen molar-refractivity contribution in [1.82, 2.24) is 9.97 Å². The first-order chi connectivity index (χ1) is 9.26. The van der Waals surface area contributed by atoms with Gasteiger partial charge in [0.25, 0.3) is 0 Å². The van der Waals surface area contributed by atoms with Gasteiger partial charge in [-0.25, -0.2) is 9.97 Å². The first-order valence-electron chi connectivity index (χ1n) is 6.93. The monoisotopic (exact) mass is 253 g/mol. The lowest BCUT2D eigenvalue weighted by molar-refractivity contribution is 0.858. The molecule has 1 aliphatic carbocycles. The fourth-order valence-corrected chi connectivity index (χ4v) is 2.75. The molecular formula is C16H19N3. The predicted molar refractivity (Wildman–Crippen MR) is 77.0 cm³/mol. The molecule has 0 saturated carbocycles. The number of aromatic nitrogens is 2. The maximum atomic E-state index is 5.59. The number of nitrogens with two attached hydrogens (primary N) is 1. The molecule has 19 heavy (non-hydrogen) atoms. The molecular weight excluding hydrogens is 234 g/mol. The molecule has 0 bridgehead atoms. The quantitative estimate of drug-likeness (QED) is 0.914. The highest BCUT2D eigenvalue weighted by molar-refractivity contribution is 5.62. The summed E-state index contributed by atoms with van der Waals surface area (Å²) in [6, 6.07) is 8.77. The first-order valence-corrected chi connectivity index (χ1v) is 6.93. The van der Waals surface area contributed by atoms with E-state index in [-0.39, 0.29) is 0 Å². The van der Waals surface area contributed by atoms with Crippen molar-refractivity contribution in [1.29, 1.82) is 0 Å². The molecule has 3 rings (SSSR count). The maximum absolute atomic E-state index is 5.59. The molecule has 0 unspecified atom stereocenters. The highest BCUT2D eigenvalue weighted by Crippen LogP contribution is 2.27. The number of rotatable bonds is 3. The summed E-state index contributed by atoms with van der Waals surface area (Å²) in [4.78, 5) is 9.06. The van der Waals surface area contributed by atoms with Gasteiger partial charge in [-0.3, -0.25) is 0 Å². The van der Waals surface area contributed by atoms with E-state index in [1.165, 1.54) is 36.0 Å². The Bertz CT molecular complexity index is 605. The molecule has 1 aromatic heterocycles. The molecule has 0 fully saturated rings. The van der Waals surface area contributed by atoms with Gasteiger partial charge in [-0.05, 0) is 56.0 Å². The smallest absolute Gasteiger partial charge is 0.130 e. The van der Waals surface area contributed by atoms with Crippen molar-refractivity contribution >= 4 is 0 Å². The largest absolute Gasteiger partial charge is 0.330 e. The lowest BCUT2D eigenvalue weighted by Crippen LogP contribution is -2.07. The SMILES string of the molecule is Cc1cc(-c2ccc3c(c2)CCC3)nc(CCN)n1. The van der Waals surface area contributed by atoms with Crippen LogP contribution in [0.4, 0.5) is 0 Å². The van der Waals surface area contributed by atoms with Crippen molar-refractivity contribution in [2.24, 2.45) is 5.73 Å². The second-order valence-electron chi connectivity index (χ2n) is 5.19. The van der Waals surface area contributed by atoms with E-state index >= 15 is 0 Å². The number of fused-ring (bicyclic) bond motifs is 1. The third-order valence-corrected chi connectivity index (χ3v) is 3.66. The number of nitrogens with zero attached hydrogens (tertiary/aromatic N) is 2. The summed E-state index contributed by atoms with van der Waals surface area (Å²) in [5.74, 6) is 0.845. The molecule has 2 aromatic rings. The zero-order valence-electron chi connectivity index (χ0n) is 11.3. The van der Waals surface area contributed by atoms with E-state index in [9.17, 15) is 0 Å². The van der Waals surface area contributed by atoms with Gasteiger partial charge in [0.05, 0.1) is 5.69 Å². The summed E-state index contributed by atoms with van der Waals surface area (Å²) in [6.45, 7) is 2.60. The van der Waals surface area contributed by atoms with Crippen LogP contribution in [0.25, 0.3) is 11.3 Å². The molecule has 2 N–H and O–H groups in total. The predicted octanol–water partition coefficient (Wildman–Crippen LogP) is 2.44. The Morgan fingerprint density at radius 3 is 2.79 bits per heavy atom. The molecule has 98 valence electrons. The van der Waals surface area contributed by atoms with Crippen LogP contribution in [0.3, 0.4) is 0 Å². The van der Waals surface area contributed by atoms with E-state index in [0.29, 0.717) is 6.54 Å². The Balaban J connectivity index is 2.01. The van der Waals surface area contributed by atoms with E-state index in [2.05, 4.69) is 34.2 Å². The Hall–Kier alpha value is -1.74. The standard InChI is InChI=1S/C16H19N3/c1-11-9-15(19-16(18-11)7-8-17)14-6-5-12-3-2-4-13(12)10-14/h5-6,9-10H,2-4,7-8,17H2,1H3. The van der Waals surface area contributed by atoms with Crippen LogP contribution >= 0.6 is 0 Å². The Kier molecular flexibility index (Phi) is 3.30. The molecule has 0 saturated heterocycles. The van der Waals surface area contributed by atoms with Crippen LogP contribution in [0.15, 0.2) is 24.3 Å². The summed E-state index contributed by atoms with van der Waals surface area (Å²) in [5, 5.41) is 0. The second-order valence-corrected chi connectivity index (χ2v) is 5.19. The van der Waals surface area contributed by atoms with Crippen LogP contribution in [0.2, 0.25) is 0 Å². The number of hydrogen-bond acceptors (Lipinski definition) is 3. The molecule has 0 atom stereocenters. The summed E-state index contributed by atoms with van der Waals surface area (Å²) in [7, 11) is 0. The van der Waals surface area contributed by atoms with Gasteiger partial charge in [-0.2, -0.15) is 0 Å². The molecule has 3 nitrogen and oxygen atoms in total. The fourth-order valence-electron chi connectivity index (χ4n) is 2.75. The summed E-state index contributed by atoms with van der Waals surface area (Å²) >= 11 is 0. The van der Waals surface area contributed by atoms with Gasteiger partial charge in [0, 0.05) is 17.7 Å². The van der Waals surface area contributed by atoms with Gasteiger partial charge < -0.3 is 5.73 Å². The third-order valence-electron chi connectivity index (χ3n) is 3.66. The molecule has 1 aromatic carbocycles. The fraction of sp³-hybridized carbons (Fsp3) is 0.375. The van der Waals surface area contributed by atoms with Crippen molar-refractivity contribution in [2.45, 2.75) is 32.6 Å². The van der Waals surface area contributed by atoms with Gasteiger partial charge in [-0.15, -0.1) is 0 Å². The van der Waals surface area contributed by atoms with Gasteiger partial charge in [-0.1, -0.05) is 12.1 Å². The first kappa shape index (κ1) is 12.3. The van der Waals surface area contributed by atoms with Crippen molar-refractivity contribution in [2.75, 3.05) is 6.54 Å². The van der Waals surface area contributed by atoms with Gasteiger partial charge in [0.15, 0.2) is 0 Å². The van der Waals surface area contributed by atoms with Crippen LogP contribution < -0.4 is 5.73 Å². The van der Waals surface area contributed by atoms with E-state index in [4.69, 9.17) is 5.73 Å². The Morgan fingerprint density at radius 1 is 1.11 bits per heavy atom. The average Bonchev–Trinajstić information content (AvgIpc) is 2.85. The minimum Gasteiger partial charge on any atom is -0.330 e. The third kappa shape index (κ3) is 2.51. The summed E-state index contributed by atoms with van der Waals surface area (Å²) in [5.41, 5.74) is 11.8. The second kappa shape index (κ2) is 5.10. The zero-order chi connectivity index (χ0) is 13.2. The van der Waals surface area contributed by atoms with Crippen LogP contribution in [-0.4, -0.2) is 16.5 Å². The zero-order valence-corrected chi connectivity index (χ0v) is 11.3. The highest BCUT2D eigenvalue weighted by Gasteiger charge is 2.12. The number of hydrogen-bond donors (Lipinski definition) is 1. The normalized spacial score (nSPS) is 13.6.